The molecule has 0 amide bonds. The standard InChI is InChI=1S/C44H64N2.Pd/c1-4-7-10-13-16-18-20-22-25-32-40-34-28-30-37-43(40)45-39-42(36-27-24-15-12-9-6-3)46-44-38-31-29-35-41(44)33-26-23-21-19-17-14-11-8-5-2;/h28-31,34-35,37-39H,4-19,24-27,32-33,36H2,1-3H3;. The first kappa shape index (κ1) is 42.6. The van der Waals surface area contributed by atoms with E-state index in [0.29, 0.717) is 0 Å². The Bertz CT molecular complexity index is 1240. The number of benzene rings is 2. The van der Waals surface area contributed by atoms with Crippen molar-refractivity contribution in [1.29, 1.82) is 0 Å². The van der Waals surface area contributed by atoms with Crippen molar-refractivity contribution in [3.05, 3.63) is 59.7 Å². The van der Waals surface area contributed by atoms with Crippen molar-refractivity contribution in [2.45, 2.75) is 168 Å². The van der Waals surface area contributed by atoms with Gasteiger partial charge in [-0.1, -0.05) is 141 Å². The second kappa shape index (κ2) is 30.9. The number of unbranched alkanes of at least 4 members (excludes halogenated alkanes) is 15. The monoisotopic (exact) mass is 726 g/mol. The van der Waals surface area contributed by atoms with Crippen LogP contribution in [0.5, 0.6) is 0 Å². The Hall–Kier alpha value is -2.44. The second-order valence-corrected chi connectivity index (χ2v) is 12.7. The molecule has 0 radical (unpaired) electrons. The third-order valence-electron chi connectivity index (χ3n) is 8.49. The van der Waals surface area contributed by atoms with Crippen LogP contribution in [0.2, 0.25) is 0 Å². The smallest absolute Gasteiger partial charge is 0.0665 e. The summed E-state index contributed by atoms with van der Waals surface area (Å²) in [6.45, 7) is 6.81. The number of aliphatic imine (C=N–C) groups is 2. The molecule has 0 unspecified atom stereocenters. The van der Waals surface area contributed by atoms with E-state index in [1.165, 1.54) is 107 Å². The number of rotatable bonds is 24. The molecule has 2 rings (SSSR count). The van der Waals surface area contributed by atoms with Crippen LogP contribution in [0, 0.1) is 23.7 Å². The van der Waals surface area contributed by atoms with Crippen molar-refractivity contribution >= 4 is 23.3 Å². The van der Waals surface area contributed by atoms with Crippen molar-refractivity contribution in [3.8, 4) is 23.7 Å². The minimum Gasteiger partial charge on any atom is -0.255 e. The predicted molar refractivity (Wildman–Crippen MR) is 205 cm³/mol. The van der Waals surface area contributed by atoms with Crippen molar-refractivity contribution in [3.63, 3.8) is 0 Å². The Morgan fingerprint density at radius 1 is 0.511 bits per heavy atom. The first-order valence-corrected chi connectivity index (χ1v) is 19.0. The summed E-state index contributed by atoms with van der Waals surface area (Å²) in [4.78, 5) is 10.2. The van der Waals surface area contributed by atoms with E-state index >= 15 is 0 Å². The van der Waals surface area contributed by atoms with Gasteiger partial charge in [-0.25, -0.2) is 0 Å². The van der Waals surface area contributed by atoms with Crippen LogP contribution < -0.4 is 0 Å². The molecule has 0 N–H and O–H groups in total. The molecule has 47 heavy (non-hydrogen) atoms. The minimum atomic E-state index is 0. The van der Waals surface area contributed by atoms with Gasteiger partial charge in [0, 0.05) is 52.3 Å². The quantitative estimate of drug-likeness (QED) is 0.0445. The van der Waals surface area contributed by atoms with Gasteiger partial charge in [0.1, 0.15) is 0 Å². The Labute approximate surface area is 304 Å². The Morgan fingerprint density at radius 3 is 1.49 bits per heavy atom. The minimum absolute atomic E-state index is 0. The molecule has 0 spiro atoms. The fourth-order valence-electron chi connectivity index (χ4n) is 5.60. The van der Waals surface area contributed by atoms with Gasteiger partial charge in [-0.2, -0.15) is 0 Å². The molecule has 2 aromatic rings. The molecule has 0 heterocycles. The molecular weight excluding hydrogens is 663 g/mol. The van der Waals surface area contributed by atoms with Gasteiger partial charge in [0.2, 0.25) is 0 Å². The summed E-state index contributed by atoms with van der Waals surface area (Å²) in [5.41, 5.74) is 5.71. The van der Waals surface area contributed by atoms with Crippen LogP contribution in [0.3, 0.4) is 0 Å². The zero-order valence-electron chi connectivity index (χ0n) is 30.2. The van der Waals surface area contributed by atoms with Gasteiger partial charge in [-0.05, 0) is 61.8 Å². The average molecular weight is 727 g/mol. The fourth-order valence-corrected chi connectivity index (χ4v) is 5.60. The molecule has 0 aliphatic carbocycles. The van der Waals surface area contributed by atoms with Crippen LogP contribution in [0.25, 0.3) is 0 Å². The summed E-state index contributed by atoms with van der Waals surface area (Å²) in [5.74, 6) is 13.6. The van der Waals surface area contributed by atoms with Gasteiger partial charge < -0.3 is 0 Å². The molecule has 2 aromatic carbocycles. The Balaban J connectivity index is 0.0000110. The van der Waals surface area contributed by atoms with E-state index in [9.17, 15) is 0 Å². The van der Waals surface area contributed by atoms with Gasteiger partial charge in [0.05, 0.1) is 17.1 Å². The number of para-hydroxylation sites is 2. The van der Waals surface area contributed by atoms with E-state index in [1.807, 2.05) is 6.21 Å². The number of aryl methyl sites for hydroxylation is 2. The summed E-state index contributed by atoms with van der Waals surface area (Å²) >= 11 is 0. The van der Waals surface area contributed by atoms with Crippen LogP contribution in [-0.4, -0.2) is 11.9 Å². The van der Waals surface area contributed by atoms with Crippen molar-refractivity contribution in [2.75, 3.05) is 0 Å². The molecular formula is C44H64N2Pd. The molecule has 3 heteroatoms. The van der Waals surface area contributed by atoms with Gasteiger partial charge in [-0.15, -0.1) is 23.7 Å². The third-order valence-corrected chi connectivity index (χ3v) is 8.49. The maximum atomic E-state index is 5.21. The molecule has 260 valence electrons. The Morgan fingerprint density at radius 2 is 0.936 bits per heavy atom. The van der Waals surface area contributed by atoms with E-state index in [2.05, 4.69) is 93.0 Å². The molecule has 0 atom stereocenters. The van der Waals surface area contributed by atoms with Crippen LogP contribution >= 0.6 is 0 Å². The average Bonchev–Trinajstić information content (AvgIpc) is 3.08. The van der Waals surface area contributed by atoms with E-state index in [1.54, 1.807) is 0 Å². The van der Waals surface area contributed by atoms with E-state index in [4.69, 9.17) is 9.98 Å². The van der Waals surface area contributed by atoms with Gasteiger partial charge >= 0.3 is 0 Å². The second-order valence-electron chi connectivity index (χ2n) is 12.7. The maximum absolute atomic E-state index is 5.21. The third kappa shape index (κ3) is 21.9. The Kier molecular flexibility index (Phi) is 28.0. The topological polar surface area (TPSA) is 24.7 Å². The van der Waals surface area contributed by atoms with Crippen LogP contribution in [-0.2, 0) is 33.3 Å². The number of hydrogen-bond donors (Lipinski definition) is 0. The number of hydrogen-bond acceptors (Lipinski definition) is 2. The van der Waals surface area contributed by atoms with Gasteiger partial charge in [-0.3, -0.25) is 9.98 Å². The first-order valence-electron chi connectivity index (χ1n) is 19.0. The van der Waals surface area contributed by atoms with E-state index in [-0.39, 0.29) is 20.4 Å². The molecule has 0 aromatic heterocycles. The molecule has 2 nitrogen and oxygen atoms in total. The fraction of sp³-hybridized carbons (Fsp3) is 0.591. The summed E-state index contributed by atoms with van der Waals surface area (Å²) in [5, 5.41) is 0. The number of nitrogens with zero attached hydrogens (tertiary/aromatic N) is 2. The van der Waals surface area contributed by atoms with Crippen molar-refractivity contribution < 1.29 is 20.4 Å². The molecule has 0 aliphatic rings. The SMILES string of the molecule is CCCCCCCC#CCCc1ccccc1N=CC(CCCCCCCC)=Nc1ccccc1CCC#CCCCCCCC.[Pd]. The van der Waals surface area contributed by atoms with Gasteiger partial charge in [0.15, 0.2) is 0 Å². The first-order chi connectivity index (χ1) is 22.8. The molecule has 0 bridgehead atoms. The summed E-state index contributed by atoms with van der Waals surface area (Å²) < 4.78 is 0. The normalized spacial score (nSPS) is 11.1. The zero-order valence-corrected chi connectivity index (χ0v) is 31.7. The van der Waals surface area contributed by atoms with E-state index in [0.717, 1.165) is 68.5 Å². The maximum Gasteiger partial charge on any atom is 0.0665 e. The van der Waals surface area contributed by atoms with Crippen LogP contribution in [0.4, 0.5) is 11.4 Å². The molecule has 0 saturated heterocycles. The van der Waals surface area contributed by atoms with Gasteiger partial charge in [0.25, 0.3) is 0 Å². The summed E-state index contributed by atoms with van der Waals surface area (Å²) in [7, 11) is 0. The molecule has 0 fully saturated rings. The van der Waals surface area contributed by atoms with Crippen molar-refractivity contribution in [2.24, 2.45) is 9.98 Å². The molecule has 0 saturated carbocycles. The summed E-state index contributed by atoms with van der Waals surface area (Å²) in [6.07, 6.45) is 29.3. The largest absolute Gasteiger partial charge is 0.255 e. The molecule has 0 aliphatic heterocycles. The zero-order chi connectivity index (χ0) is 32.8. The summed E-state index contributed by atoms with van der Waals surface area (Å²) in [6, 6.07) is 17.1. The van der Waals surface area contributed by atoms with E-state index < -0.39 is 0 Å². The predicted octanol–water partition coefficient (Wildman–Crippen LogP) is 13.5. The van der Waals surface area contributed by atoms with Crippen LogP contribution in [0.15, 0.2) is 58.5 Å². The van der Waals surface area contributed by atoms with Crippen LogP contribution in [0.1, 0.15) is 167 Å². The van der Waals surface area contributed by atoms with Crippen molar-refractivity contribution in [1.82, 2.24) is 0 Å².